The first-order chi connectivity index (χ1) is 17.5. The molecule has 2 bridgehead atoms. The van der Waals surface area contributed by atoms with Crippen LogP contribution in [0.25, 0.3) is 0 Å². The molecule has 1 aliphatic carbocycles. The van der Waals surface area contributed by atoms with E-state index in [-0.39, 0.29) is 31.1 Å². The van der Waals surface area contributed by atoms with Crippen LogP contribution in [0.2, 0.25) is 0 Å². The van der Waals surface area contributed by atoms with Gasteiger partial charge in [-0.2, -0.15) is 0 Å². The number of likely N-dealkylation sites (tertiary alicyclic amines) is 1. The molecule has 8 heteroatoms. The largest absolute Gasteiger partial charge is 0.461 e. The summed E-state index contributed by atoms with van der Waals surface area (Å²) in [6.45, 7) is 8.62. The highest BCUT2D eigenvalue weighted by molar-refractivity contribution is 5.98. The maximum Gasteiger partial charge on any atom is 0.312 e. The Kier molecular flexibility index (Phi) is 8.88. The minimum Gasteiger partial charge on any atom is -0.461 e. The molecule has 2 amide bonds. The van der Waals surface area contributed by atoms with Gasteiger partial charge in [-0.15, -0.1) is 6.58 Å². The summed E-state index contributed by atoms with van der Waals surface area (Å²) in [5.74, 6) is -2.07. The summed E-state index contributed by atoms with van der Waals surface area (Å²) >= 11 is 0. The number of carbonyl (C=O) groups is 3. The van der Waals surface area contributed by atoms with Crippen molar-refractivity contribution in [1.82, 2.24) is 9.80 Å². The first-order valence-corrected chi connectivity index (χ1v) is 13.8. The average Bonchev–Trinajstić information content (AvgIpc) is 3.53. The lowest BCUT2D eigenvalue weighted by Crippen LogP contribution is -2.58. The van der Waals surface area contributed by atoms with Gasteiger partial charge in [0.15, 0.2) is 0 Å². The van der Waals surface area contributed by atoms with E-state index in [2.05, 4.69) is 13.2 Å². The summed E-state index contributed by atoms with van der Waals surface area (Å²) in [6.07, 6.45) is 12.6. The molecule has 4 aliphatic rings. The van der Waals surface area contributed by atoms with E-state index in [9.17, 15) is 14.4 Å². The molecule has 0 aromatic carbocycles. The Balaban J connectivity index is 1.64. The Morgan fingerprint density at radius 3 is 2.56 bits per heavy atom. The summed E-state index contributed by atoms with van der Waals surface area (Å²) in [6, 6.07) is -0.606. The predicted octanol–water partition coefficient (Wildman–Crippen LogP) is 2.99. The van der Waals surface area contributed by atoms with Crippen molar-refractivity contribution >= 4 is 17.8 Å². The SMILES string of the molecule is C=CCOC(=O)[C@@H]1[C@H]2C(=O)N(CCCCCCO)C(C(=O)N(CC=C)C3CCCCC3)C23CC[C@H]1O3. The standard InChI is InChI=1S/C28H42N2O6/c1-3-16-29(20-12-8-7-9-13-20)26(33)24-28-15-14-21(36-28)22(27(34)35-19-4-2)23(28)25(32)30(24)17-10-5-6-11-18-31/h3-4,20-24,31H,1-2,5-19H2/t21-,22+,23+,24?,28?/m1/s1. The van der Waals surface area contributed by atoms with Crippen LogP contribution in [0.1, 0.15) is 70.6 Å². The Bertz CT molecular complexity index is 840. The number of rotatable bonds is 13. The molecule has 5 atom stereocenters. The molecule has 2 unspecified atom stereocenters. The molecule has 3 aliphatic heterocycles. The number of aliphatic hydroxyl groups excluding tert-OH is 1. The summed E-state index contributed by atoms with van der Waals surface area (Å²) in [7, 11) is 0. The highest BCUT2D eigenvalue weighted by atomic mass is 16.6. The Labute approximate surface area is 214 Å². The fourth-order valence-electron chi connectivity index (χ4n) is 7.03. The first-order valence-electron chi connectivity index (χ1n) is 13.8. The number of nitrogens with zero attached hydrogens (tertiary/aromatic N) is 2. The number of hydrogen-bond donors (Lipinski definition) is 1. The molecule has 4 fully saturated rings. The van der Waals surface area contributed by atoms with E-state index in [1.165, 1.54) is 12.5 Å². The van der Waals surface area contributed by atoms with Gasteiger partial charge in [-0.3, -0.25) is 14.4 Å². The molecule has 0 radical (unpaired) electrons. The highest BCUT2D eigenvalue weighted by Crippen LogP contribution is 2.59. The fraction of sp³-hybridized carbons (Fsp3) is 0.750. The summed E-state index contributed by atoms with van der Waals surface area (Å²) in [5.41, 5.74) is -0.990. The van der Waals surface area contributed by atoms with Crippen LogP contribution in [0.4, 0.5) is 0 Å². The smallest absolute Gasteiger partial charge is 0.312 e. The molecular weight excluding hydrogens is 460 g/mol. The second-order valence-corrected chi connectivity index (χ2v) is 10.7. The summed E-state index contributed by atoms with van der Waals surface area (Å²) in [5, 5.41) is 9.10. The van der Waals surface area contributed by atoms with E-state index >= 15 is 0 Å². The zero-order chi connectivity index (χ0) is 25.7. The normalized spacial score (nSPS) is 31.4. The number of esters is 1. The van der Waals surface area contributed by atoms with Crippen molar-refractivity contribution in [3.05, 3.63) is 25.3 Å². The van der Waals surface area contributed by atoms with Gasteiger partial charge in [0.25, 0.3) is 0 Å². The van der Waals surface area contributed by atoms with Gasteiger partial charge in [-0.05, 0) is 38.5 Å². The maximum atomic E-state index is 14.3. The number of fused-ring (bicyclic) bond motifs is 1. The third-order valence-corrected chi connectivity index (χ3v) is 8.58. The quantitative estimate of drug-likeness (QED) is 0.236. The lowest BCUT2D eigenvalue weighted by atomic mass is 9.70. The molecule has 8 nitrogen and oxygen atoms in total. The number of aliphatic hydroxyl groups is 1. The molecule has 4 rings (SSSR count). The molecule has 36 heavy (non-hydrogen) atoms. The zero-order valence-corrected chi connectivity index (χ0v) is 21.4. The van der Waals surface area contributed by atoms with Gasteiger partial charge in [-0.25, -0.2) is 0 Å². The zero-order valence-electron chi connectivity index (χ0n) is 21.4. The Morgan fingerprint density at radius 1 is 1.11 bits per heavy atom. The van der Waals surface area contributed by atoms with Gasteiger partial charge >= 0.3 is 5.97 Å². The van der Waals surface area contributed by atoms with Gasteiger partial charge in [0.05, 0.1) is 17.9 Å². The molecule has 1 spiro atoms. The molecule has 1 saturated carbocycles. The van der Waals surface area contributed by atoms with Crippen LogP contribution < -0.4 is 0 Å². The number of hydrogen-bond acceptors (Lipinski definition) is 6. The van der Waals surface area contributed by atoms with Gasteiger partial charge in [0.1, 0.15) is 18.2 Å². The van der Waals surface area contributed by atoms with Crippen molar-refractivity contribution in [1.29, 1.82) is 0 Å². The second kappa shape index (κ2) is 11.9. The first kappa shape index (κ1) is 26.9. The van der Waals surface area contributed by atoms with Crippen LogP contribution in [0.5, 0.6) is 0 Å². The average molecular weight is 503 g/mol. The van der Waals surface area contributed by atoms with E-state index in [4.69, 9.17) is 14.6 Å². The maximum absolute atomic E-state index is 14.3. The monoisotopic (exact) mass is 502 g/mol. The Morgan fingerprint density at radius 2 is 1.86 bits per heavy atom. The highest BCUT2D eigenvalue weighted by Gasteiger charge is 2.75. The predicted molar refractivity (Wildman–Crippen MR) is 135 cm³/mol. The number of carbonyl (C=O) groups excluding carboxylic acids is 3. The van der Waals surface area contributed by atoms with Crippen molar-refractivity contribution in [2.45, 2.75) is 94.4 Å². The van der Waals surface area contributed by atoms with Crippen molar-refractivity contribution < 1.29 is 29.0 Å². The molecular formula is C28H42N2O6. The van der Waals surface area contributed by atoms with Crippen molar-refractivity contribution in [3.63, 3.8) is 0 Å². The van der Waals surface area contributed by atoms with Crippen LogP contribution in [-0.4, -0.2) is 82.8 Å². The van der Waals surface area contributed by atoms with Crippen LogP contribution in [0.3, 0.4) is 0 Å². The van der Waals surface area contributed by atoms with Crippen LogP contribution in [0, 0.1) is 11.8 Å². The molecule has 0 aromatic heterocycles. The van der Waals surface area contributed by atoms with Crippen molar-refractivity contribution in [2.75, 3.05) is 26.3 Å². The number of amides is 2. The number of ether oxygens (including phenoxy) is 2. The van der Waals surface area contributed by atoms with Gasteiger partial charge < -0.3 is 24.4 Å². The molecule has 3 heterocycles. The number of unbranched alkanes of at least 4 members (excludes halogenated alkanes) is 3. The topological polar surface area (TPSA) is 96.4 Å². The van der Waals surface area contributed by atoms with E-state index < -0.39 is 35.6 Å². The minimum absolute atomic E-state index is 0.0752. The van der Waals surface area contributed by atoms with E-state index in [0.717, 1.165) is 51.4 Å². The third-order valence-electron chi connectivity index (χ3n) is 8.58. The van der Waals surface area contributed by atoms with E-state index in [1.807, 2.05) is 4.90 Å². The molecule has 0 aromatic rings. The van der Waals surface area contributed by atoms with Crippen molar-refractivity contribution in [3.8, 4) is 0 Å². The Hall–Kier alpha value is -2.19. The summed E-state index contributed by atoms with van der Waals surface area (Å²) in [4.78, 5) is 44.9. The molecule has 1 N–H and O–H groups in total. The fourth-order valence-corrected chi connectivity index (χ4v) is 7.03. The van der Waals surface area contributed by atoms with Crippen molar-refractivity contribution in [2.24, 2.45) is 11.8 Å². The lowest BCUT2D eigenvalue weighted by molar-refractivity contribution is -0.154. The van der Waals surface area contributed by atoms with Crippen LogP contribution in [-0.2, 0) is 23.9 Å². The van der Waals surface area contributed by atoms with Crippen LogP contribution >= 0.6 is 0 Å². The minimum atomic E-state index is -0.990. The van der Waals surface area contributed by atoms with Crippen LogP contribution in [0.15, 0.2) is 25.3 Å². The second-order valence-electron chi connectivity index (χ2n) is 10.7. The third kappa shape index (κ3) is 4.86. The summed E-state index contributed by atoms with van der Waals surface area (Å²) < 4.78 is 11.9. The molecule has 200 valence electrons. The lowest BCUT2D eigenvalue weighted by Gasteiger charge is -2.40. The van der Waals surface area contributed by atoms with E-state index in [1.54, 1.807) is 11.0 Å². The van der Waals surface area contributed by atoms with Gasteiger partial charge in [0.2, 0.25) is 11.8 Å². The van der Waals surface area contributed by atoms with Gasteiger partial charge in [-0.1, -0.05) is 50.8 Å². The van der Waals surface area contributed by atoms with Gasteiger partial charge in [0, 0.05) is 25.7 Å². The molecule has 3 saturated heterocycles. The van der Waals surface area contributed by atoms with E-state index in [0.29, 0.717) is 25.9 Å².